The summed E-state index contributed by atoms with van der Waals surface area (Å²) in [7, 11) is 3.30. The molecule has 2 amide bonds. The Morgan fingerprint density at radius 1 is 1.23 bits per heavy atom. The highest BCUT2D eigenvalue weighted by atomic mass is 35.5. The molecule has 0 radical (unpaired) electrons. The molecule has 1 aliphatic heterocycles. The molecule has 2 aromatic rings. The van der Waals surface area contributed by atoms with Crippen molar-refractivity contribution in [2.45, 2.75) is 45.7 Å². The van der Waals surface area contributed by atoms with E-state index in [0.29, 0.717) is 56.3 Å². The van der Waals surface area contributed by atoms with Gasteiger partial charge in [0.2, 0.25) is 5.91 Å². The molecule has 35 heavy (non-hydrogen) atoms. The first-order chi connectivity index (χ1) is 15.9. The quantitative estimate of drug-likeness (QED) is 0.431. The lowest BCUT2D eigenvalue weighted by Gasteiger charge is -2.38. The Morgan fingerprint density at radius 2 is 1.97 bits per heavy atom. The molecule has 2 heterocycles. The summed E-state index contributed by atoms with van der Waals surface area (Å²) in [5.74, 6) is 0.538. The van der Waals surface area contributed by atoms with Crippen LogP contribution in [-0.4, -0.2) is 72.8 Å². The minimum absolute atomic E-state index is 0. The molecule has 3 N–H and O–H groups in total. The summed E-state index contributed by atoms with van der Waals surface area (Å²) < 4.78 is 12.7. The molecule has 1 fully saturated rings. The van der Waals surface area contributed by atoms with Crippen LogP contribution in [0.15, 0.2) is 18.2 Å². The number of hydrogen-bond donors (Lipinski definition) is 2. The molecule has 0 bridgehead atoms. The molecule has 1 unspecified atom stereocenters. The number of benzene rings is 1. The Morgan fingerprint density at radius 3 is 2.60 bits per heavy atom. The topological polar surface area (TPSA) is 112 Å². The third kappa shape index (κ3) is 7.46. The number of piperidine rings is 1. The number of halogens is 2. The SMILES string of the molecule is COCCCCn1c(C(=O)N(CC(C)C)C2CNC[C@@H](C(N)=O)C2)nc2c(OC)cccc21.Cl.Cl. The number of hydrogen-bond acceptors (Lipinski definition) is 6. The summed E-state index contributed by atoms with van der Waals surface area (Å²) in [4.78, 5) is 32.4. The van der Waals surface area contributed by atoms with Gasteiger partial charge in [-0.3, -0.25) is 9.59 Å². The summed E-state index contributed by atoms with van der Waals surface area (Å²) in [5.41, 5.74) is 7.13. The highest BCUT2D eigenvalue weighted by molar-refractivity contribution is 5.96. The van der Waals surface area contributed by atoms with Crippen LogP contribution in [0.3, 0.4) is 0 Å². The fourth-order valence-corrected chi connectivity index (χ4v) is 4.49. The van der Waals surface area contributed by atoms with E-state index in [-0.39, 0.29) is 54.5 Å². The fraction of sp³-hybridized carbons (Fsp3) is 0.625. The summed E-state index contributed by atoms with van der Waals surface area (Å²) in [6, 6.07) is 5.61. The summed E-state index contributed by atoms with van der Waals surface area (Å²) in [5, 5.41) is 3.28. The Kier molecular flexibility index (Phi) is 12.8. The van der Waals surface area contributed by atoms with E-state index in [0.717, 1.165) is 18.4 Å². The van der Waals surface area contributed by atoms with E-state index >= 15 is 0 Å². The van der Waals surface area contributed by atoms with Gasteiger partial charge in [-0.2, -0.15) is 0 Å². The first-order valence-corrected chi connectivity index (χ1v) is 11.7. The van der Waals surface area contributed by atoms with Gasteiger partial charge in [-0.15, -0.1) is 24.8 Å². The van der Waals surface area contributed by atoms with Crippen molar-refractivity contribution in [3.8, 4) is 5.75 Å². The Labute approximate surface area is 219 Å². The molecule has 9 nitrogen and oxygen atoms in total. The van der Waals surface area contributed by atoms with Crippen molar-refractivity contribution >= 4 is 47.7 Å². The maximum atomic E-state index is 14.0. The average Bonchev–Trinajstić information content (AvgIpc) is 3.18. The second-order valence-electron chi connectivity index (χ2n) is 9.11. The van der Waals surface area contributed by atoms with Gasteiger partial charge >= 0.3 is 0 Å². The lowest BCUT2D eigenvalue weighted by atomic mass is 9.93. The fourth-order valence-electron chi connectivity index (χ4n) is 4.49. The van der Waals surface area contributed by atoms with E-state index in [1.165, 1.54) is 0 Å². The monoisotopic (exact) mass is 531 g/mol. The van der Waals surface area contributed by atoms with Crippen LogP contribution in [0.4, 0.5) is 0 Å². The van der Waals surface area contributed by atoms with E-state index in [2.05, 4.69) is 19.2 Å². The molecule has 198 valence electrons. The van der Waals surface area contributed by atoms with E-state index in [1.54, 1.807) is 14.2 Å². The maximum Gasteiger partial charge on any atom is 0.290 e. The summed E-state index contributed by atoms with van der Waals surface area (Å²) in [6.45, 7) is 7.22. The number of nitrogens with two attached hydrogens (primary N) is 1. The lowest BCUT2D eigenvalue weighted by Crippen LogP contribution is -2.54. The van der Waals surface area contributed by atoms with Crippen LogP contribution < -0.4 is 15.8 Å². The first kappa shape index (κ1) is 31.0. The number of para-hydroxylation sites is 1. The van der Waals surface area contributed by atoms with Crippen LogP contribution in [0.1, 0.15) is 43.7 Å². The van der Waals surface area contributed by atoms with Crippen molar-refractivity contribution in [1.29, 1.82) is 0 Å². The minimum atomic E-state index is -0.334. The summed E-state index contributed by atoms with van der Waals surface area (Å²) >= 11 is 0. The van der Waals surface area contributed by atoms with Crippen molar-refractivity contribution in [3.05, 3.63) is 24.0 Å². The van der Waals surface area contributed by atoms with Crippen LogP contribution in [0.2, 0.25) is 0 Å². The zero-order chi connectivity index (χ0) is 24.0. The van der Waals surface area contributed by atoms with Gasteiger partial charge < -0.3 is 30.0 Å². The molecule has 1 aliphatic rings. The van der Waals surface area contributed by atoms with Crippen molar-refractivity contribution < 1.29 is 19.1 Å². The van der Waals surface area contributed by atoms with Gasteiger partial charge in [-0.1, -0.05) is 19.9 Å². The molecule has 3 rings (SSSR count). The number of nitrogens with zero attached hydrogens (tertiary/aromatic N) is 3. The third-order valence-corrected chi connectivity index (χ3v) is 6.13. The van der Waals surface area contributed by atoms with Crippen molar-refractivity contribution in [2.75, 3.05) is 40.5 Å². The highest BCUT2D eigenvalue weighted by Crippen LogP contribution is 2.28. The van der Waals surface area contributed by atoms with Crippen LogP contribution in [0, 0.1) is 11.8 Å². The molecule has 0 spiro atoms. The molecule has 1 saturated heterocycles. The molecule has 2 atom stereocenters. The number of rotatable bonds is 11. The molecular weight excluding hydrogens is 493 g/mol. The molecular formula is C24H39Cl2N5O4. The normalized spacial score (nSPS) is 17.5. The second-order valence-corrected chi connectivity index (χ2v) is 9.11. The number of ether oxygens (including phenoxy) is 2. The first-order valence-electron chi connectivity index (χ1n) is 11.7. The number of amides is 2. The standard InChI is InChI=1S/C24H37N5O4.2ClH/c1-16(2)15-29(18-12-17(22(25)30)13-26-14-18)24(31)23-27-21-19(8-7-9-20(21)33-4)28(23)10-5-6-11-32-3;;/h7-9,16-18,26H,5-6,10-15H2,1-4H3,(H2,25,30);2*1H/t17-,18?;;/m0../s1. The average molecular weight is 533 g/mol. The number of unbranched alkanes of at least 4 members (excludes halogenated alkanes) is 1. The molecule has 11 heteroatoms. The van der Waals surface area contributed by atoms with Gasteiger partial charge in [0.25, 0.3) is 5.91 Å². The number of carbonyl (C=O) groups is 2. The van der Waals surface area contributed by atoms with Crippen LogP contribution >= 0.6 is 24.8 Å². The van der Waals surface area contributed by atoms with Crippen molar-refractivity contribution in [3.63, 3.8) is 0 Å². The zero-order valence-corrected chi connectivity index (χ0v) is 22.6. The molecule has 1 aromatic carbocycles. The number of imidazole rings is 1. The smallest absolute Gasteiger partial charge is 0.290 e. The van der Waals surface area contributed by atoms with Gasteiger partial charge in [-0.05, 0) is 37.3 Å². The Bertz CT molecular complexity index is 969. The minimum Gasteiger partial charge on any atom is -0.494 e. The molecule has 1 aromatic heterocycles. The molecule has 0 saturated carbocycles. The van der Waals surface area contributed by atoms with Gasteiger partial charge in [0.1, 0.15) is 11.3 Å². The summed E-state index contributed by atoms with van der Waals surface area (Å²) in [6.07, 6.45) is 2.30. The van der Waals surface area contributed by atoms with Crippen LogP contribution in [0.25, 0.3) is 11.0 Å². The third-order valence-electron chi connectivity index (χ3n) is 6.13. The van der Waals surface area contributed by atoms with Gasteiger partial charge in [-0.25, -0.2) is 4.98 Å². The highest BCUT2D eigenvalue weighted by Gasteiger charge is 2.34. The maximum absolute atomic E-state index is 14.0. The predicted molar refractivity (Wildman–Crippen MR) is 142 cm³/mol. The van der Waals surface area contributed by atoms with E-state index < -0.39 is 0 Å². The zero-order valence-electron chi connectivity index (χ0n) is 21.0. The number of carbonyl (C=O) groups excluding carboxylic acids is 2. The number of aromatic nitrogens is 2. The van der Waals surface area contributed by atoms with Crippen LogP contribution in [0.5, 0.6) is 5.75 Å². The van der Waals surface area contributed by atoms with Crippen molar-refractivity contribution in [1.82, 2.24) is 19.8 Å². The van der Waals surface area contributed by atoms with Gasteiger partial charge in [0.05, 0.1) is 18.5 Å². The number of nitrogens with one attached hydrogen (secondary N) is 1. The van der Waals surface area contributed by atoms with Crippen LogP contribution in [-0.2, 0) is 16.1 Å². The number of methoxy groups -OCH3 is 2. The van der Waals surface area contributed by atoms with E-state index in [9.17, 15) is 9.59 Å². The Hall–Kier alpha value is -2.07. The van der Waals surface area contributed by atoms with Gasteiger partial charge in [0.15, 0.2) is 5.82 Å². The number of fused-ring (bicyclic) bond motifs is 1. The van der Waals surface area contributed by atoms with E-state index in [1.807, 2.05) is 27.7 Å². The van der Waals surface area contributed by atoms with Crippen molar-refractivity contribution in [2.24, 2.45) is 17.6 Å². The number of aryl methyl sites for hydroxylation is 1. The Balaban J connectivity index is 0.00000306. The second kappa shape index (κ2) is 14.5. The van der Waals surface area contributed by atoms with Gasteiger partial charge in [0, 0.05) is 45.9 Å². The number of primary amides is 1. The lowest BCUT2D eigenvalue weighted by molar-refractivity contribution is -0.122. The molecule has 0 aliphatic carbocycles. The van der Waals surface area contributed by atoms with E-state index in [4.69, 9.17) is 20.2 Å². The largest absolute Gasteiger partial charge is 0.494 e. The predicted octanol–water partition coefficient (Wildman–Crippen LogP) is 2.88.